The third kappa shape index (κ3) is 2.79. The van der Waals surface area contributed by atoms with Gasteiger partial charge in [0.1, 0.15) is 5.82 Å². The molecule has 2 aromatic rings. The molecule has 1 heterocycles. The number of anilines is 1. The van der Waals surface area contributed by atoms with Gasteiger partial charge in [0.05, 0.1) is 0 Å². The minimum atomic E-state index is -0.296. The van der Waals surface area contributed by atoms with Gasteiger partial charge in [-0.05, 0) is 47.4 Å². The van der Waals surface area contributed by atoms with E-state index in [1.165, 1.54) is 23.3 Å². The topological polar surface area (TPSA) is 29.3 Å². The Bertz CT molecular complexity index is 642. The lowest BCUT2D eigenvalue weighted by molar-refractivity contribution is 0.245. The second-order valence-electron chi connectivity index (χ2n) is 5.22. The molecule has 1 aliphatic heterocycles. The Morgan fingerprint density at radius 3 is 2.80 bits per heavy atom. The van der Waals surface area contributed by atoms with Crippen LogP contribution in [0.2, 0.25) is 5.02 Å². The number of fused-ring (bicyclic) bond motifs is 1. The van der Waals surface area contributed by atoms with Gasteiger partial charge >= 0.3 is 0 Å². The van der Waals surface area contributed by atoms with Gasteiger partial charge in [0.2, 0.25) is 0 Å². The molecule has 2 N–H and O–H groups in total. The van der Waals surface area contributed by atoms with Gasteiger partial charge in [-0.25, -0.2) is 4.39 Å². The third-order valence-corrected chi connectivity index (χ3v) is 4.08. The number of rotatable bonds is 2. The normalized spacial score (nSPS) is 15.1. The van der Waals surface area contributed by atoms with Crippen LogP contribution in [0.3, 0.4) is 0 Å². The van der Waals surface area contributed by atoms with Crippen molar-refractivity contribution in [3.8, 4) is 0 Å². The highest BCUT2D eigenvalue weighted by molar-refractivity contribution is 6.31. The van der Waals surface area contributed by atoms with Gasteiger partial charge in [0.25, 0.3) is 0 Å². The van der Waals surface area contributed by atoms with Crippen LogP contribution in [0.4, 0.5) is 10.1 Å². The molecule has 0 atom stereocenters. The van der Waals surface area contributed by atoms with Crippen LogP contribution in [0.25, 0.3) is 0 Å². The SMILES string of the molecule is Nc1ccc2c(c1)CN(Cc1ccc(F)cc1Cl)CC2. The zero-order valence-corrected chi connectivity index (χ0v) is 11.8. The average Bonchev–Trinajstić information content (AvgIpc) is 2.41. The van der Waals surface area contributed by atoms with Crippen LogP contribution in [-0.2, 0) is 19.5 Å². The zero-order chi connectivity index (χ0) is 14.1. The Balaban J connectivity index is 1.77. The van der Waals surface area contributed by atoms with Crippen LogP contribution >= 0.6 is 11.6 Å². The maximum absolute atomic E-state index is 13.1. The fraction of sp³-hybridized carbons (Fsp3) is 0.250. The lowest BCUT2D eigenvalue weighted by atomic mass is 9.98. The molecule has 3 rings (SSSR count). The average molecular weight is 291 g/mol. The second-order valence-corrected chi connectivity index (χ2v) is 5.63. The summed E-state index contributed by atoms with van der Waals surface area (Å²) in [7, 11) is 0. The Morgan fingerprint density at radius 1 is 1.15 bits per heavy atom. The molecule has 0 unspecified atom stereocenters. The summed E-state index contributed by atoms with van der Waals surface area (Å²) in [5.74, 6) is -0.296. The summed E-state index contributed by atoms with van der Waals surface area (Å²) in [6.45, 7) is 2.56. The van der Waals surface area contributed by atoms with Crippen LogP contribution in [0, 0.1) is 5.82 Å². The fourth-order valence-corrected chi connectivity index (χ4v) is 2.89. The number of benzene rings is 2. The highest BCUT2D eigenvalue weighted by atomic mass is 35.5. The van der Waals surface area contributed by atoms with E-state index in [4.69, 9.17) is 17.3 Å². The van der Waals surface area contributed by atoms with E-state index >= 15 is 0 Å². The van der Waals surface area contributed by atoms with Crippen molar-refractivity contribution < 1.29 is 4.39 Å². The summed E-state index contributed by atoms with van der Waals surface area (Å²) >= 11 is 6.09. The first kappa shape index (κ1) is 13.4. The van der Waals surface area contributed by atoms with Crippen LogP contribution in [-0.4, -0.2) is 11.4 Å². The molecule has 0 bridgehead atoms. The van der Waals surface area contributed by atoms with Gasteiger partial charge in [-0.2, -0.15) is 0 Å². The van der Waals surface area contributed by atoms with E-state index in [0.717, 1.165) is 37.3 Å². The van der Waals surface area contributed by atoms with Crippen LogP contribution in [0.1, 0.15) is 16.7 Å². The summed E-state index contributed by atoms with van der Waals surface area (Å²) in [6.07, 6.45) is 1.01. The van der Waals surface area contributed by atoms with E-state index in [2.05, 4.69) is 11.0 Å². The van der Waals surface area contributed by atoms with Gasteiger partial charge in [-0.1, -0.05) is 23.7 Å². The van der Waals surface area contributed by atoms with Crippen molar-refractivity contribution in [2.24, 2.45) is 0 Å². The summed E-state index contributed by atoms with van der Waals surface area (Å²) in [6, 6.07) is 10.7. The maximum atomic E-state index is 13.1. The van der Waals surface area contributed by atoms with Crippen LogP contribution in [0.15, 0.2) is 36.4 Å². The lowest BCUT2D eigenvalue weighted by Crippen LogP contribution is -2.30. The van der Waals surface area contributed by atoms with Crippen molar-refractivity contribution >= 4 is 17.3 Å². The summed E-state index contributed by atoms with van der Waals surface area (Å²) in [5.41, 5.74) is 10.2. The summed E-state index contributed by atoms with van der Waals surface area (Å²) < 4.78 is 13.1. The molecule has 0 aromatic heterocycles. The van der Waals surface area contributed by atoms with E-state index in [-0.39, 0.29) is 5.82 Å². The lowest BCUT2D eigenvalue weighted by Gasteiger charge is -2.29. The molecular formula is C16H16ClFN2. The smallest absolute Gasteiger partial charge is 0.124 e. The van der Waals surface area contributed by atoms with Crippen LogP contribution < -0.4 is 5.73 Å². The minimum absolute atomic E-state index is 0.296. The molecule has 20 heavy (non-hydrogen) atoms. The molecular weight excluding hydrogens is 275 g/mol. The maximum Gasteiger partial charge on any atom is 0.124 e. The molecule has 104 valence electrons. The van der Waals surface area contributed by atoms with Gasteiger partial charge in [0, 0.05) is 30.3 Å². The quantitative estimate of drug-likeness (QED) is 0.856. The van der Waals surface area contributed by atoms with E-state index < -0.39 is 0 Å². The first-order chi connectivity index (χ1) is 9.61. The van der Waals surface area contributed by atoms with Gasteiger partial charge < -0.3 is 5.73 Å². The Morgan fingerprint density at radius 2 is 2.00 bits per heavy atom. The van der Waals surface area contributed by atoms with Gasteiger partial charge in [-0.15, -0.1) is 0 Å². The van der Waals surface area contributed by atoms with Gasteiger partial charge in [-0.3, -0.25) is 4.90 Å². The molecule has 2 nitrogen and oxygen atoms in total. The molecule has 0 saturated heterocycles. The number of hydrogen-bond acceptors (Lipinski definition) is 2. The number of nitrogens with two attached hydrogens (primary N) is 1. The zero-order valence-electron chi connectivity index (χ0n) is 11.1. The summed E-state index contributed by atoms with van der Waals surface area (Å²) in [4.78, 5) is 2.31. The molecule has 0 saturated carbocycles. The fourth-order valence-electron chi connectivity index (χ4n) is 2.66. The first-order valence-corrected chi connectivity index (χ1v) is 7.03. The highest BCUT2D eigenvalue weighted by Crippen LogP contribution is 2.25. The van der Waals surface area contributed by atoms with Crippen LogP contribution in [0.5, 0.6) is 0 Å². The molecule has 0 spiro atoms. The Kier molecular flexibility index (Phi) is 3.64. The number of nitrogens with zero attached hydrogens (tertiary/aromatic N) is 1. The summed E-state index contributed by atoms with van der Waals surface area (Å²) in [5, 5.41) is 0.489. The third-order valence-electron chi connectivity index (χ3n) is 3.73. The number of nitrogen functional groups attached to an aromatic ring is 1. The Labute approximate surface area is 123 Å². The molecule has 0 radical (unpaired) electrons. The Hall–Kier alpha value is -1.58. The predicted molar refractivity (Wildman–Crippen MR) is 80.1 cm³/mol. The first-order valence-electron chi connectivity index (χ1n) is 6.65. The van der Waals surface area contributed by atoms with Crippen molar-refractivity contribution in [2.45, 2.75) is 19.5 Å². The van der Waals surface area contributed by atoms with E-state index in [1.807, 2.05) is 12.1 Å². The van der Waals surface area contributed by atoms with E-state index in [1.54, 1.807) is 6.07 Å². The monoisotopic (exact) mass is 290 g/mol. The molecule has 2 aromatic carbocycles. The largest absolute Gasteiger partial charge is 0.399 e. The molecule has 0 fully saturated rings. The predicted octanol–water partition coefficient (Wildman–Crippen LogP) is 3.62. The van der Waals surface area contributed by atoms with Crippen molar-refractivity contribution in [1.29, 1.82) is 0 Å². The minimum Gasteiger partial charge on any atom is -0.399 e. The van der Waals surface area contributed by atoms with Crippen molar-refractivity contribution in [3.05, 3.63) is 63.9 Å². The second kappa shape index (κ2) is 5.43. The van der Waals surface area contributed by atoms with Crippen molar-refractivity contribution in [1.82, 2.24) is 4.90 Å². The number of hydrogen-bond donors (Lipinski definition) is 1. The molecule has 1 aliphatic rings. The van der Waals surface area contributed by atoms with Crippen molar-refractivity contribution in [2.75, 3.05) is 12.3 Å². The van der Waals surface area contributed by atoms with E-state index in [9.17, 15) is 4.39 Å². The van der Waals surface area contributed by atoms with Gasteiger partial charge in [0.15, 0.2) is 0 Å². The molecule has 0 aliphatic carbocycles. The standard InChI is InChI=1S/C16H16ClFN2/c17-16-8-14(18)3-1-12(16)9-20-6-5-11-2-4-15(19)7-13(11)10-20/h1-4,7-8H,5-6,9-10,19H2. The van der Waals surface area contributed by atoms with Crippen molar-refractivity contribution in [3.63, 3.8) is 0 Å². The number of halogens is 2. The molecule has 4 heteroatoms. The highest BCUT2D eigenvalue weighted by Gasteiger charge is 2.17. The van der Waals surface area contributed by atoms with E-state index in [0.29, 0.717) is 5.02 Å². The molecule has 0 amide bonds.